The number of anilines is 1. The first kappa shape index (κ1) is 62.4. The molecule has 3 fully saturated rings. The van der Waals surface area contributed by atoms with E-state index in [1.807, 2.05) is 6.26 Å². The van der Waals surface area contributed by atoms with Crippen molar-refractivity contribution in [2.45, 2.75) is 70.5 Å². The molecule has 0 aliphatic carbocycles. The van der Waals surface area contributed by atoms with Crippen molar-refractivity contribution in [1.82, 2.24) is 40.4 Å². The molecule has 6 amide bonds. The number of Topliss-reactive ketones (excluding diaryl/α,β-unsaturated/α-hetero) is 1. The molecule has 5 rings (SSSR count). The summed E-state index contributed by atoms with van der Waals surface area (Å²) in [6, 6.07) is 12.6. The minimum absolute atomic E-state index is 0. The maximum Gasteiger partial charge on any atom is 0.326 e. The zero-order valence-electron chi connectivity index (χ0n) is 42.2. The number of likely N-dealkylation sites (tertiary alicyclic amines) is 1. The molecule has 75 heavy (non-hydrogen) atoms. The monoisotopic (exact) mass is 1210 g/mol. The van der Waals surface area contributed by atoms with Gasteiger partial charge in [0.05, 0.1) is 32.2 Å². The summed E-state index contributed by atoms with van der Waals surface area (Å²) < 4.78 is 5.49. The quantitative estimate of drug-likeness (QED) is 0.0298. The standard InChI is InChI=1S/C50H68N9O14S.Gd/c1-33-24-42(62)59(48(33)69)16-7-6-10-39(49(70)71)53-47(68)36(25-34-8-4-3-5-9-34)26-40(60)38(15-23-74-2)54-50(72)52-37-13-11-35(12-14-37)27-51-41(61)28-57-20-19-55(30-44(63)64)17-18-56(31-45(65)66)21-22-58-32-46(67)73-43(58)29-57;/h3-5,8-9,11-14,33,36,38-39H,6-7,10,15-32H2,1-2H3,(H,51,61)(H,53,68)(H,63,64)(H,65,66)(H,70,71)(H2,52,54,72);/q-1;/t33?,36-,38+,39+;/m1./s1. The Kier molecular flexibility index (Phi) is 26.5. The molecule has 25 heteroatoms. The molecule has 1 unspecified atom stereocenters. The zero-order valence-corrected chi connectivity index (χ0v) is 45.3. The van der Waals surface area contributed by atoms with E-state index in [2.05, 4.69) is 21.3 Å². The number of imide groups is 1. The Morgan fingerprint density at radius 1 is 0.773 bits per heavy atom. The Morgan fingerprint density at radius 3 is 2.01 bits per heavy atom. The van der Waals surface area contributed by atoms with Crippen molar-refractivity contribution >= 4 is 76.8 Å². The van der Waals surface area contributed by atoms with Crippen LogP contribution in [0.5, 0.6) is 0 Å². The van der Waals surface area contributed by atoms with Crippen LogP contribution in [-0.2, 0) is 60.9 Å². The van der Waals surface area contributed by atoms with E-state index in [1.54, 1.807) is 81.1 Å². The van der Waals surface area contributed by atoms with Crippen molar-refractivity contribution in [3.63, 3.8) is 0 Å². The van der Waals surface area contributed by atoms with Gasteiger partial charge in [-0.3, -0.25) is 53.1 Å². The molecule has 2 aromatic rings. The number of hydrogen-bond acceptors (Lipinski definition) is 16. The van der Waals surface area contributed by atoms with Crippen molar-refractivity contribution in [3.05, 3.63) is 72.0 Å². The van der Waals surface area contributed by atoms with Crippen LogP contribution in [0.2, 0.25) is 0 Å². The van der Waals surface area contributed by atoms with Crippen LogP contribution >= 0.6 is 11.8 Å². The van der Waals surface area contributed by atoms with Crippen LogP contribution in [0.4, 0.5) is 10.5 Å². The number of carboxylic acids is 3. The van der Waals surface area contributed by atoms with Crippen LogP contribution in [0.25, 0.3) is 0 Å². The number of esters is 1. The molecular formula is C50H68GdN9O14S-. The second kappa shape index (κ2) is 31.8. The molecule has 23 nitrogen and oxygen atoms in total. The van der Waals surface area contributed by atoms with Crippen LogP contribution in [0.1, 0.15) is 56.6 Å². The second-order valence-electron chi connectivity index (χ2n) is 18.7. The minimum atomic E-state index is -1.29. The number of aliphatic carboxylic acids is 3. The first-order valence-corrected chi connectivity index (χ1v) is 26.0. The molecule has 7 N–H and O–H groups in total. The van der Waals surface area contributed by atoms with Crippen LogP contribution in [0.15, 0.2) is 54.6 Å². The number of fused-ring (bicyclic) bond motifs is 1. The number of carbonyl (C=O) groups excluding carboxylic acids is 7. The summed E-state index contributed by atoms with van der Waals surface area (Å²) >= 11 is 1.47. The molecule has 3 heterocycles. The topological polar surface area (TPSA) is 305 Å². The van der Waals surface area contributed by atoms with Crippen LogP contribution in [0.3, 0.4) is 0 Å². The van der Waals surface area contributed by atoms with E-state index >= 15 is 0 Å². The van der Waals surface area contributed by atoms with E-state index in [1.165, 1.54) is 16.7 Å². The molecule has 0 saturated carbocycles. The van der Waals surface area contributed by atoms with Crippen LogP contribution in [-0.4, -0.2) is 202 Å². The number of urea groups is 1. The Balaban J connectivity index is 0.0000122. The number of carbonyl (C=O) groups is 10. The smallest absolute Gasteiger partial charge is 0.326 e. The van der Waals surface area contributed by atoms with Gasteiger partial charge in [-0.05, 0) is 73.9 Å². The van der Waals surface area contributed by atoms with Crippen molar-refractivity contribution in [2.75, 3.05) is 95.9 Å². The van der Waals surface area contributed by atoms with Crippen molar-refractivity contribution < 1.29 is 108 Å². The number of unbranched alkanes of at least 4 members (excludes halogenated alkanes) is 1. The van der Waals surface area contributed by atoms with Gasteiger partial charge in [-0.25, -0.2) is 9.59 Å². The Hall–Kier alpha value is -5.15. The average Bonchev–Trinajstić information content (AvgIpc) is 3.82. The molecule has 3 aliphatic heterocycles. The summed E-state index contributed by atoms with van der Waals surface area (Å²) in [5, 5.41) is 39.9. The number of rotatable bonds is 26. The van der Waals surface area contributed by atoms with Gasteiger partial charge in [-0.15, -0.1) is 0 Å². The maximum absolute atomic E-state index is 14.0. The number of amides is 6. The third-order valence-electron chi connectivity index (χ3n) is 12.9. The number of hydrogen-bond donors (Lipinski definition) is 7. The Bertz CT molecular complexity index is 2300. The predicted molar refractivity (Wildman–Crippen MR) is 270 cm³/mol. The summed E-state index contributed by atoms with van der Waals surface area (Å²) in [4.78, 5) is 135. The van der Waals surface area contributed by atoms with Crippen molar-refractivity contribution in [1.29, 1.82) is 0 Å². The van der Waals surface area contributed by atoms with Crippen molar-refractivity contribution in [3.8, 4) is 0 Å². The van der Waals surface area contributed by atoms with Gasteiger partial charge in [-0.2, -0.15) is 11.8 Å². The molecule has 2 aromatic carbocycles. The fraction of sp³-hybridized carbons (Fsp3) is 0.540. The van der Waals surface area contributed by atoms with E-state index < -0.39 is 65.5 Å². The van der Waals surface area contributed by atoms with Crippen LogP contribution in [0, 0.1) is 58.0 Å². The third kappa shape index (κ3) is 21.4. The number of thioether (sulfide) groups is 1. The van der Waals surface area contributed by atoms with E-state index in [9.17, 15) is 63.3 Å². The number of ketones is 1. The summed E-state index contributed by atoms with van der Waals surface area (Å²) in [5.41, 5.74) is 1.81. The molecule has 412 valence electrons. The molecule has 0 aromatic heterocycles. The maximum atomic E-state index is 14.0. The first-order chi connectivity index (χ1) is 35.4. The second-order valence-corrected chi connectivity index (χ2v) is 19.7. The molecular weight excluding hydrogens is 1140 g/mol. The normalized spacial score (nSPS) is 18.5. The van der Waals surface area contributed by atoms with Gasteiger partial charge in [0, 0.05) is 116 Å². The van der Waals surface area contributed by atoms with Crippen LogP contribution < -0.4 is 21.3 Å². The zero-order chi connectivity index (χ0) is 53.7. The number of nitrogens with one attached hydrogen (secondary N) is 4. The molecule has 0 radical (unpaired) electrons. The van der Waals surface area contributed by atoms with E-state index in [0.29, 0.717) is 36.1 Å². The number of benzene rings is 2. The number of carboxylic acid groups (broad SMARTS) is 3. The predicted octanol–water partition coefficient (Wildman–Crippen LogP) is 0.936. The molecule has 0 bridgehead atoms. The summed E-state index contributed by atoms with van der Waals surface area (Å²) in [7, 11) is 0. The molecule has 0 spiro atoms. The molecule has 3 saturated heterocycles. The number of ether oxygens (including phenoxy) is 1. The van der Waals surface area contributed by atoms with Gasteiger partial charge in [0.1, 0.15) is 6.04 Å². The fourth-order valence-electron chi connectivity index (χ4n) is 8.79. The summed E-state index contributed by atoms with van der Waals surface area (Å²) in [6.07, 6.45) is 3.06. The van der Waals surface area contributed by atoms with E-state index in [4.69, 9.17) is 4.74 Å². The van der Waals surface area contributed by atoms with Gasteiger partial charge in [-0.1, -0.05) is 62.2 Å². The van der Waals surface area contributed by atoms with Gasteiger partial charge in [0.15, 0.2) is 5.78 Å². The number of nitrogens with zero attached hydrogens (tertiary/aromatic N) is 5. The van der Waals surface area contributed by atoms with Gasteiger partial charge < -0.3 is 51.1 Å². The third-order valence-corrected chi connectivity index (χ3v) is 13.5. The summed E-state index contributed by atoms with van der Waals surface area (Å²) in [5.74, 6) is -6.67. The van der Waals surface area contributed by atoms with Gasteiger partial charge >= 0.3 is 23.9 Å². The van der Waals surface area contributed by atoms with E-state index in [-0.39, 0.29) is 175 Å². The fourth-order valence-corrected chi connectivity index (χ4v) is 9.27. The SMILES string of the molecule is CSCC[C@H](NC(=O)Nc1ccc(CNC(=O)CN2CCN(CC(=O)O)CCN(CC(=O)O)CCN3CC(=O)O[C-]3C2)cc1)C(=O)C[C@@H](Cc1ccccc1)C(=O)N[C@@H](CCCCN1C(=O)CC(C)C1=O)C(=O)O.[Gd]. The van der Waals surface area contributed by atoms with Crippen molar-refractivity contribution in [2.24, 2.45) is 11.8 Å². The largest absolute Gasteiger partial charge is 0.617 e. The average molecular weight is 1210 g/mol. The Morgan fingerprint density at radius 2 is 1.41 bits per heavy atom. The van der Waals surface area contributed by atoms with E-state index in [0.717, 1.165) is 5.56 Å². The van der Waals surface area contributed by atoms with Gasteiger partial charge in [0.25, 0.3) is 5.97 Å². The minimum Gasteiger partial charge on any atom is -0.617 e. The molecule has 3 aliphatic rings. The first-order valence-electron chi connectivity index (χ1n) is 24.7. The Labute approximate surface area is 472 Å². The molecule has 4 atom stereocenters. The summed E-state index contributed by atoms with van der Waals surface area (Å²) in [6.45, 7) is 2.87. The van der Waals surface area contributed by atoms with Gasteiger partial charge in [0.2, 0.25) is 23.6 Å².